The highest BCUT2D eigenvalue weighted by Crippen LogP contribution is 2.31. The topological polar surface area (TPSA) is 84.6 Å². The number of likely N-dealkylation sites (tertiary alicyclic amines) is 2. The maximum atomic E-state index is 11.9. The molecule has 2 aliphatic heterocycles. The first kappa shape index (κ1) is 14.8. The van der Waals surface area contributed by atoms with Crippen molar-refractivity contribution in [3.8, 4) is 6.07 Å². The second-order valence-corrected chi connectivity index (χ2v) is 5.64. The van der Waals surface area contributed by atoms with Crippen molar-refractivity contribution in [1.29, 1.82) is 5.26 Å². The molecule has 0 aromatic carbocycles. The standard InChI is InChI=1S/C14H21N3O3/c15-6-3-13(18)17-7-1-2-12(17)11-4-8-16(9-5-11)10-14(19)20/h11-12H,1-5,7-10H2,(H,19,20). The number of carboxylic acids is 1. The summed E-state index contributed by atoms with van der Waals surface area (Å²) in [5.41, 5.74) is 0. The van der Waals surface area contributed by atoms with Crippen molar-refractivity contribution in [3.05, 3.63) is 0 Å². The first-order valence-electron chi connectivity index (χ1n) is 7.22. The Labute approximate surface area is 119 Å². The van der Waals surface area contributed by atoms with Gasteiger partial charge in [0.1, 0.15) is 6.42 Å². The highest BCUT2D eigenvalue weighted by molar-refractivity contribution is 5.78. The van der Waals surface area contributed by atoms with Crippen molar-refractivity contribution in [1.82, 2.24) is 9.80 Å². The Balaban J connectivity index is 1.88. The van der Waals surface area contributed by atoms with E-state index in [4.69, 9.17) is 10.4 Å². The van der Waals surface area contributed by atoms with E-state index in [0.717, 1.165) is 45.3 Å². The van der Waals surface area contributed by atoms with Gasteiger partial charge in [0.05, 0.1) is 12.6 Å². The lowest BCUT2D eigenvalue weighted by Gasteiger charge is -2.37. The fraction of sp³-hybridized carbons (Fsp3) is 0.786. The van der Waals surface area contributed by atoms with E-state index in [-0.39, 0.29) is 24.9 Å². The van der Waals surface area contributed by atoms with Crippen molar-refractivity contribution in [3.63, 3.8) is 0 Å². The Bertz CT molecular complexity index is 410. The lowest BCUT2D eigenvalue weighted by molar-refractivity contribution is -0.138. The van der Waals surface area contributed by atoms with Gasteiger partial charge >= 0.3 is 5.97 Å². The molecule has 1 unspecified atom stereocenters. The fourth-order valence-corrected chi connectivity index (χ4v) is 3.45. The lowest BCUT2D eigenvalue weighted by Crippen LogP contribution is -2.45. The molecule has 2 aliphatic rings. The van der Waals surface area contributed by atoms with Gasteiger partial charge in [-0.15, -0.1) is 0 Å². The van der Waals surface area contributed by atoms with Crippen molar-refractivity contribution < 1.29 is 14.7 Å². The predicted molar refractivity (Wildman–Crippen MR) is 71.8 cm³/mol. The number of hydrogen-bond donors (Lipinski definition) is 1. The molecule has 1 amide bonds. The molecule has 0 aromatic heterocycles. The molecule has 1 N–H and O–H groups in total. The molecule has 2 fully saturated rings. The lowest BCUT2D eigenvalue weighted by atomic mass is 9.88. The maximum Gasteiger partial charge on any atom is 0.317 e. The quantitative estimate of drug-likeness (QED) is 0.818. The number of nitriles is 1. The summed E-state index contributed by atoms with van der Waals surface area (Å²) in [7, 11) is 0. The number of piperidine rings is 1. The number of aliphatic carboxylic acids is 1. The van der Waals surface area contributed by atoms with Crippen LogP contribution >= 0.6 is 0 Å². The molecule has 1 atom stereocenters. The Hall–Kier alpha value is -1.61. The molecule has 0 spiro atoms. The van der Waals surface area contributed by atoms with E-state index < -0.39 is 5.97 Å². The Kier molecular flexibility index (Phi) is 4.96. The van der Waals surface area contributed by atoms with Crippen molar-refractivity contribution in [2.75, 3.05) is 26.2 Å². The number of carboxylic acid groups (broad SMARTS) is 1. The minimum Gasteiger partial charge on any atom is -0.480 e. The van der Waals surface area contributed by atoms with Crippen LogP contribution in [0.15, 0.2) is 0 Å². The number of amides is 1. The van der Waals surface area contributed by atoms with E-state index in [1.807, 2.05) is 15.9 Å². The van der Waals surface area contributed by atoms with Crippen LogP contribution in [0.25, 0.3) is 0 Å². The summed E-state index contributed by atoms with van der Waals surface area (Å²) in [5.74, 6) is -0.386. The third-order valence-corrected chi connectivity index (χ3v) is 4.39. The zero-order valence-corrected chi connectivity index (χ0v) is 11.6. The van der Waals surface area contributed by atoms with E-state index in [1.165, 1.54) is 0 Å². The molecule has 6 nitrogen and oxygen atoms in total. The minimum absolute atomic E-state index is 0.0334. The Morgan fingerprint density at radius 3 is 2.50 bits per heavy atom. The number of hydrogen-bond acceptors (Lipinski definition) is 4. The van der Waals surface area contributed by atoms with Crippen molar-refractivity contribution in [2.24, 2.45) is 5.92 Å². The molecule has 0 aliphatic carbocycles. The van der Waals surface area contributed by atoms with Gasteiger partial charge in [-0.05, 0) is 44.7 Å². The Morgan fingerprint density at radius 1 is 1.20 bits per heavy atom. The van der Waals surface area contributed by atoms with Gasteiger partial charge in [0.15, 0.2) is 0 Å². The van der Waals surface area contributed by atoms with Crippen LogP contribution < -0.4 is 0 Å². The van der Waals surface area contributed by atoms with Gasteiger partial charge in [-0.2, -0.15) is 5.26 Å². The summed E-state index contributed by atoms with van der Waals surface area (Å²) >= 11 is 0. The third kappa shape index (κ3) is 3.48. The van der Waals surface area contributed by atoms with Crippen LogP contribution in [-0.2, 0) is 9.59 Å². The smallest absolute Gasteiger partial charge is 0.317 e. The van der Waals surface area contributed by atoms with E-state index in [1.54, 1.807) is 0 Å². The molecule has 0 aromatic rings. The zero-order valence-electron chi connectivity index (χ0n) is 11.6. The normalized spacial score (nSPS) is 24.6. The van der Waals surface area contributed by atoms with Crippen molar-refractivity contribution in [2.45, 2.75) is 38.1 Å². The van der Waals surface area contributed by atoms with Crippen LogP contribution in [0.1, 0.15) is 32.1 Å². The highest BCUT2D eigenvalue weighted by atomic mass is 16.4. The molecule has 0 saturated carbocycles. The van der Waals surface area contributed by atoms with Crippen LogP contribution in [0.3, 0.4) is 0 Å². The average molecular weight is 279 g/mol. The monoisotopic (exact) mass is 279 g/mol. The SMILES string of the molecule is N#CCC(=O)N1CCCC1C1CCN(CC(=O)O)CC1. The first-order chi connectivity index (χ1) is 9.61. The number of rotatable bonds is 4. The predicted octanol–water partition coefficient (Wildman–Crippen LogP) is 0.688. The molecular weight excluding hydrogens is 258 g/mol. The van der Waals surface area contributed by atoms with Gasteiger partial charge in [-0.3, -0.25) is 14.5 Å². The highest BCUT2D eigenvalue weighted by Gasteiger charge is 2.36. The van der Waals surface area contributed by atoms with E-state index in [0.29, 0.717) is 5.92 Å². The van der Waals surface area contributed by atoms with E-state index >= 15 is 0 Å². The second kappa shape index (κ2) is 6.71. The van der Waals surface area contributed by atoms with Gasteiger partial charge in [-0.1, -0.05) is 0 Å². The summed E-state index contributed by atoms with van der Waals surface area (Å²) in [6.45, 7) is 2.44. The van der Waals surface area contributed by atoms with Crippen LogP contribution in [0.4, 0.5) is 0 Å². The number of nitrogens with zero attached hydrogens (tertiary/aromatic N) is 3. The van der Waals surface area contributed by atoms with Crippen LogP contribution in [0, 0.1) is 17.2 Å². The molecule has 0 radical (unpaired) electrons. The van der Waals surface area contributed by atoms with Gasteiger partial charge in [-0.25, -0.2) is 0 Å². The minimum atomic E-state index is -0.782. The molecule has 110 valence electrons. The number of carbonyl (C=O) groups is 2. The van der Waals surface area contributed by atoms with Crippen molar-refractivity contribution >= 4 is 11.9 Å². The average Bonchev–Trinajstić information content (AvgIpc) is 2.88. The molecule has 2 saturated heterocycles. The van der Waals surface area contributed by atoms with Crippen LogP contribution in [-0.4, -0.2) is 59.0 Å². The second-order valence-electron chi connectivity index (χ2n) is 5.64. The Morgan fingerprint density at radius 2 is 1.90 bits per heavy atom. The molecule has 20 heavy (non-hydrogen) atoms. The molecule has 2 rings (SSSR count). The summed E-state index contributed by atoms with van der Waals surface area (Å²) in [5, 5.41) is 17.4. The maximum absolute atomic E-state index is 11.9. The summed E-state index contributed by atoms with van der Waals surface area (Å²) in [6, 6.07) is 2.18. The molecule has 0 bridgehead atoms. The van der Waals surface area contributed by atoms with E-state index in [2.05, 4.69) is 0 Å². The summed E-state index contributed by atoms with van der Waals surface area (Å²) < 4.78 is 0. The third-order valence-electron chi connectivity index (χ3n) is 4.39. The fourth-order valence-electron chi connectivity index (χ4n) is 3.45. The van der Waals surface area contributed by atoms with Gasteiger partial charge < -0.3 is 10.0 Å². The molecular formula is C14H21N3O3. The van der Waals surface area contributed by atoms with Gasteiger partial charge in [0.25, 0.3) is 0 Å². The van der Waals surface area contributed by atoms with Crippen LogP contribution in [0.2, 0.25) is 0 Å². The van der Waals surface area contributed by atoms with Gasteiger partial charge in [0.2, 0.25) is 5.91 Å². The van der Waals surface area contributed by atoms with E-state index in [9.17, 15) is 9.59 Å². The molecule has 2 heterocycles. The first-order valence-corrected chi connectivity index (χ1v) is 7.22. The zero-order chi connectivity index (χ0) is 14.5. The number of carbonyl (C=O) groups excluding carboxylic acids is 1. The largest absolute Gasteiger partial charge is 0.480 e. The summed E-state index contributed by atoms with van der Waals surface area (Å²) in [4.78, 5) is 26.4. The van der Waals surface area contributed by atoms with Gasteiger partial charge in [0, 0.05) is 12.6 Å². The van der Waals surface area contributed by atoms with Crippen LogP contribution in [0.5, 0.6) is 0 Å². The summed E-state index contributed by atoms with van der Waals surface area (Å²) in [6.07, 6.45) is 3.87. The molecule has 6 heteroatoms.